The number of hydrogen-bond donors (Lipinski definition) is 0. The first-order valence-electron chi connectivity index (χ1n) is 7.97. The zero-order valence-corrected chi connectivity index (χ0v) is 13.9. The summed E-state index contributed by atoms with van der Waals surface area (Å²) in [6.07, 6.45) is 6.20. The Hall–Kier alpha value is -2.42. The van der Waals surface area contributed by atoms with Crippen molar-refractivity contribution in [3.8, 4) is 6.07 Å². The number of carbonyl (C=O) groups is 1. The molecule has 1 aromatic rings. The lowest BCUT2D eigenvalue weighted by Gasteiger charge is -2.26. The third kappa shape index (κ3) is 3.50. The third-order valence-corrected chi connectivity index (χ3v) is 4.26. The summed E-state index contributed by atoms with van der Waals surface area (Å²) in [7, 11) is 0. The summed E-state index contributed by atoms with van der Waals surface area (Å²) < 4.78 is 1.11. The van der Waals surface area contributed by atoms with E-state index < -0.39 is 5.56 Å². The lowest BCUT2D eigenvalue weighted by molar-refractivity contribution is -0.130. The fourth-order valence-corrected chi connectivity index (χ4v) is 2.83. The molecule has 1 amide bonds. The lowest BCUT2D eigenvalue weighted by atomic mass is 10.0. The topological polar surface area (TPSA) is 79.0 Å². The second-order valence-corrected chi connectivity index (χ2v) is 5.74. The second-order valence-electron chi connectivity index (χ2n) is 5.74. The Morgan fingerprint density at radius 1 is 1.43 bits per heavy atom. The Kier molecular flexibility index (Phi) is 5.32. The van der Waals surface area contributed by atoms with Gasteiger partial charge in [-0.05, 0) is 52.0 Å². The summed E-state index contributed by atoms with van der Waals surface area (Å²) in [5, 5.41) is 13.3. The van der Waals surface area contributed by atoms with Crippen LogP contribution in [0.2, 0.25) is 0 Å². The van der Waals surface area contributed by atoms with E-state index in [4.69, 9.17) is 5.26 Å². The second kappa shape index (κ2) is 7.23. The summed E-state index contributed by atoms with van der Waals surface area (Å²) >= 11 is 0. The van der Waals surface area contributed by atoms with Crippen molar-refractivity contribution in [2.45, 2.75) is 53.0 Å². The third-order valence-electron chi connectivity index (χ3n) is 4.26. The highest BCUT2D eigenvalue weighted by molar-refractivity contribution is 5.77. The van der Waals surface area contributed by atoms with Crippen LogP contribution in [0.15, 0.2) is 16.6 Å². The monoisotopic (exact) mass is 314 g/mol. The van der Waals surface area contributed by atoms with E-state index in [1.165, 1.54) is 0 Å². The van der Waals surface area contributed by atoms with Crippen LogP contribution >= 0.6 is 0 Å². The number of rotatable bonds is 4. The van der Waals surface area contributed by atoms with Gasteiger partial charge in [0.25, 0.3) is 5.56 Å². The summed E-state index contributed by atoms with van der Waals surface area (Å²) in [5.74, 6) is -0.164. The van der Waals surface area contributed by atoms with E-state index >= 15 is 0 Å². The standard InChI is InChI=1S/C17H22N4O2/c1-4-20(14-8-6-5-7-9-14)16(22)11-21-17(23)15(10-18)12(2)13(3)19-21/h8H,4-7,9,11H2,1-3H3. The minimum atomic E-state index is -0.502. The van der Waals surface area contributed by atoms with Gasteiger partial charge in [-0.3, -0.25) is 9.59 Å². The molecule has 0 aliphatic heterocycles. The number of hydrogen-bond acceptors (Lipinski definition) is 4. The molecule has 1 aliphatic carbocycles. The molecule has 0 N–H and O–H groups in total. The average molecular weight is 314 g/mol. The maximum atomic E-state index is 12.6. The van der Waals surface area contributed by atoms with Crippen LogP contribution in [0.5, 0.6) is 0 Å². The molecule has 1 heterocycles. The number of nitrogens with zero attached hydrogens (tertiary/aromatic N) is 4. The van der Waals surface area contributed by atoms with E-state index in [2.05, 4.69) is 11.2 Å². The van der Waals surface area contributed by atoms with E-state index in [0.29, 0.717) is 17.8 Å². The number of aromatic nitrogens is 2. The van der Waals surface area contributed by atoms with Gasteiger partial charge in [0.2, 0.25) is 5.91 Å². The average Bonchev–Trinajstić information content (AvgIpc) is 2.55. The summed E-state index contributed by atoms with van der Waals surface area (Å²) in [4.78, 5) is 26.6. The molecule has 0 saturated heterocycles. The molecule has 2 rings (SSSR count). The SMILES string of the molecule is CCN(C(=O)Cn1nc(C)c(C)c(C#N)c1=O)C1=CCCCC1. The van der Waals surface area contributed by atoms with E-state index in [-0.39, 0.29) is 18.0 Å². The van der Waals surface area contributed by atoms with Crippen molar-refractivity contribution in [1.29, 1.82) is 5.26 Å². The van der Waals surface area contributed by atoms with Crippen molar-refractivity contribution in [2.24, 2.45) is 0 Å². The van der Waals surface area contributed by atoms with Gasteiger partial charge in [0.15, 0.2) is 0 Å². The molecule has 0 atom stereocenters. The van der Waals surface area contributed by atoms with Crippen LogP contribution in [-0.4, -0.2) is 27.1 Å². The van der Waals surface area contributed by atoms with Crippen LogP contribution in [-0.2, 0) is 11.3 Å². The zero-order valence-electron chi connectivity index (χ0n) is 13.9. The normalized spacial score (nSPS) is 14.1. The van der Waals surface area contributed by atoms with Crippen LogP contribution in [0.3, 0.4) is 0 Å². The van der Waals surface area contributed by atoms with Gasteiger partial charge < -0.3 is 4.90 Å². The van der Waals surface area contributed by atoms with E-state index in [1.807, 2.05) is 13.0 Å². The van der Waals surface area contributed by atoms with Crippen LogP contribution in [0.4, 0.5) is 0 Å². The van der Waals surface area contributed by atoms with Gasteiger partial charge in [-0.15, -0.1) is 0 Å². The Balaban J connectivity index is 2.30. The van der Waals surface area contributed by atoms with Crippen LogP contribution < -0.4 is 5.56 Å². The number of carbonyl (C=O) groups excluding carboxylic acids is 1. The highest BCUT2D eigenvalue weighted by Gasteiger charge is 2.20. The summed E-state index contributed by atoms with van der Waals surface area (Å²) in [6, 6.07) is 1.91. The molecular formula is C17H22N4O2. The molecule has 6 nitrogen and oxygen atoms in total. The molecule has 1 aliphatic rings. The largest absolute Gasteiger partial charge is 0.315 e. The van der Waals surface area contributed by atoms with Crippen LogP contribution in [0.1, 0.15) is 49.4 Å². The first-order valence-corrected chi connectivity index (χ1v) is 7.97. The Morgan fingerprint density at radius 3 is 2.74 bits per heavy atom. The van der Waals surface area contributed by atoms with E-state index in [0.717, 1.165) is 36.1 Å². The molecule has 0 bridgehead atoms. The lowest BCUT2D eigenvalue weighted by Crippen LogP contribution is -2.38. The van der Waals surface area contributed by atoms with Crippen LogP contribution in [0.25, 0.3) is 0 Å². The molecule has 0 unspecified atom stereocenters. The summed E-state index contributed by atoms with van der Waals surface area (Å²) in [6.45, 7) is 5.78. The molecule has 1 aromatic heterocycles. The molecule has 0 radical (unpaired) electrons. The highest BCUT2D eigenvalue weighted by atomic mass is 16.2. The maximum Gasteiger partial charge on any atom is 0.285 e. The summed E-state index contributed by atoms with van der Waals surface area (Å²) in [5.41, 5.74) is 1.75. The fraction of sp³-hybridized carbons (Fsp3) is 0.529. The fourth-order valence-electron chi connectivity index (χ4n) is 2.83. The van der Waals surface area contributed by atoms with Crippen molar-refractivity contribution >= 4 is 5.91 Å². The maximum absolute atomic E-state index is 12.6. The molecule has 0 aromatic carbocycles. The van der Waals surface area contributed by atoms with Gasteiger partial charge in [-0.25, -0.2) is 4.68 Å². The number of allylic oxidation sites excluding steroid dienone is 2. The number of likely N-dealkylation sites (N-methyl/N-ethyl adjacent to an activating group) is 1. The number of aryl methyl sites for hydroxylation is 1. The molecule has 6 heteroatoms. The van der Waals surface area contributed by atoms with Gasteiger partial charge in [-0.1, -0.05) is 6.08 Å². The molecule has 0 fully saturated rings. The minimum Gasteiger partial charge on any atom is -0.315 e. The van der Waals surface area contributed by atoms with Crippen molar-refractivity contribution in [3.05, 3.63) is 38.9 Å². The van der Waals surface area contributed by atoms with Gasteiger partial charge in [-0.2, -0.15) is 10.4 Å². The molecule has 0 saturated carbocycles. The van der Waals surface area contributed by atoms with Crippen molar-refractivity contribution in [3.63, 3.8) is 0 Å². The minimum absolute atomic E-state index is 0.0604. The Labute approximate surface area is 136 Å². The molecular weight excluding hydrogens is 292 g/mol. The van der Waals surface area contributed by atoms with Gasteiger partial charge in [0, 0.05) is 12.2 Å². The van der Waals surface area contributed by atoms with Gasteiger partial charge in [0.1, 0.15) is 18.2 Å². The smallest absolute Gasteiger partial charge is 0.285 e. The first kappa shape index (κ1) is 16.9. The Bertz CT molecular complexity index is 740. The zero-order chi connectivity index (χ0) is 17.0. The number of amides is 1. The van der Waals surface area contributed by atoms with E-state index in [1.54, 1.807) is 18.7 Å². The van der Waals surface area contributed by atoms with E-state index in [9.17, 15) is 9.59 Å². The Morgan fingerprint density at radius 2 is 2.17 bits per heavy atom. The number of nitriles is 1. The highest BCUT2D eigenvalue weighted by Crippen LogP contribution is 2.21. The molecule has 0 spiro atoms. The van der Waals surface area contributed by atoms with Gasteiger partial charge in [0.05, 0.1) is 5.69 Å². The molecule has 122 valence electrons. The van der Waals surface area contributed by atoms with Crippen molar-refractivity contribution in [2.75, 3.05) is 6.54 Å². The molecule has 23 heavy (non-hydrogen) atoms. The van der Waals surface area contributed by atoms with Gasteiger partial charge >= 0.3 is 0 Å². The predicted octanol–water partition coefficient (Wildman–Crippen LogP) is 2.04. The first-order chi connectivity index (χ1) is 11.0. The van der Waals surface area contributed by atoms with Crippen molar-refractivity contribution in [1.82, 2.24) is 14.7 Å². The predicted molar refractivity (Wildman–Crippen MR) is 86.6 cm³/mol. The van der Waals surface area contributed by atoms with Crippen LogP contribution in [0, 0.1) is 25.2 Å². The van der Waals surface area contributed by atoms with Crippen molar-refractivity contribution < 1.29 is 4.79 Å². The quantitative estimate of drug-likeness (QED) is 0.852.